The summed E-state index contributed by atoms with van der Waals surface area (Å²) in [6.45, 7) is 12.6. The first kappa shape index (κ1) is 26.6. The maximum atomic E-state index is 12.9. The van der Waals surface area contributed by atoms with Crippen molar-refractivity contribution >= 4 is 16.9 Å². The van der Waals surface area contributed by atoms with E-state index in [4.69, 9.17) is 0 Å². The molecule has 1 nitrogen and oxygen atoms in total. The third kappa shape index (κ3) is 4.90. The molecule has 0 radical (unpaired) electrons. The van der Waals surface area contributed by atoms with Crippen molar-refractivity contribution in [1.82, 2.24) is 0 Å². The van der Waals surface area contributed by atoms with Crippen LogP contribution in [0, 0.1) is 46.3 Å². The van der Waals surface area contributed by atoms with E-state index < -0.39 is 0 Å². The molecule has 4 aliphatic carbocycles. The predicted molar refractivity (Wildman–Crippen MR) is 155 cm³/mol. The van der Waals surface area contributed by atoms with Crippen LogP contribution in [0.4, 0.5) is 0 Å². The Bertz CT molecular complexity index is 949. The molecule has 0 heterocycles. The van der Waals surface area contributed by atoms with E-state index in [1.54, 1.807) is 17.3 Å². The van der Waals surface area contributed by atoms with Crippen molar-refractivity contribution in [2.24, 2.45) is 46.3 Å². The lowest BCUT2D eigenvalue weighted by atomic mass is 9.47. The Morgan fingerprint density at radius 2 is 1.75 bits per heavy atom. The molecule has 0 saturated heterocycles. The molecule has 5 rings (SSSR count). The Balaban J connectivity index is 1.25. The van der Waals surface area contributed by atoms with Crippen molar-refractivity contribution in [3.05, 3.63) is 47.5 Å². The van der Waals surface area contributed by atoms with Crippen molar-refractivity contribution in [1.29, 1.82) is 0 Å². The van der Waals surface area contributed by atoms with Crippen molar-refractivity contribution in [3.63, 3.8) is 0 Å². The van der Waals surface area contributed by atoms with E-state index in [-0.39, 0.29) is 5.12 Å². The summed E-state index contributed by atoms with van der Waals surface area (Å²) in [6.07, 6.45) is 17.6. The zero-order valence-corrected chi connectivity index (χ0v) is 24.4. The molecule has 2 heteroatoms. The van der Waals surface area contributed by atoms with Gasteiger partial charge in [-0.2, -0.15) is 0 Å². The molecule has 0 unspecified atom stereocenters. The summed E-state index contributed by atoms with van der Waals surface area (Å²) in [5.74, 6) is 5.34. The summed E-state index contributed by atoms with van der Waals surface area (Å²) in [5.41, 5.74) is 3.50. The van der Waals surface area contributed by atoms with Gasteiger partial charge in [0.1, 0.15) is 0 Å². The normalized spacial score (nSPS) is 38.6. The van der Waals surface area contributed by atoms with Crippen LogP contribution in [0.5, 0.6) is 0 Å². The Labute approximate surface area is 225 Å². The molecule has 0 spiro atoms. The molecule has 0 aliphatic heterocycles. The Kier molecular flexibility index (Phi) is 7.85. The highest BCUT2D eigenvalue weighted by Crippen LogP contribution is 2.67. The van der Waals surface area contributed by atoms with Crippen LogP contribution in [0.1, 0.15) is 116 Å². The zero-order chi connectivity index (χ0) is 25.5. The Hall–Kier alpha value is -1.02. The highest BCUT2D eigenvalue weighted by atomic mass is 32.2. The van der Waals surface area contributed by atoms with Gasteiger partial charge in [0.15, 0.2) is 0 Å². The molecule has 3 saturated carbocycles. The van der Waals surface area contributed by atoms with E-state index in [1.165, 1.54) is 64.2 Å². The van der Waals surface area contributed by atoms with Gasteiger partial charge in [0, 0.05) is 10.8 Å². The minimum atomic E-state index is 0.256. The fourth-order valence-corrected chi connectivity index (χ4v) is 10.6. The summed E-state index contributed by atoms with van der Waals surface area (Å²) in [4.78, 5) is 12.9. The van der Waals surface area contributed by atoms with E-state index in [2.05, 4.69) is 40.7 Å². The Morgan fingerprint density at radius 3 is 2.50 bits per heavy atom. The first-order chi connectivity index (χ1) is 17.2. The van der Waals surface area contributed by atoms with Gasteiger partial charge in [-0.1, -0.05) is 108 Å². The van der Waals surface area contributed by atoms with Crippen LogP contribution in [0.15, 0.2) is 42.0 Å². The largest absolute Gasteiger partial charge is 0.282 e. The lowest BCUT2D eigenvalue weighted by Gasteiger charge is -2.58. The van der Waals surface area contributed by atoms with Gasteiger partial charge < -0.3 is 0 Å². The van der Waals surface area contributed by atoms with Gasteiger partial charge in [-0.15, -0.1) is 0 Å². The fraction of sp³-hybridized carbons (Fsp3) is 0.735. The van der Waals surface area contributed by atoms with Gasteiger partial charge >= 0.3 is 0 Å². The second kappa shape index (κ2) is 10.6. The highest BCUT2D eigenvalue weighted by molar-refractivity contribution is 8.14. The van der Waals surface area contributed by atoms with Crippen LogP contribution in [-0.4, -0.2) is 10.4 Å². The number of hydrogen-bond acceptors (Lipinski definition) is 2. The summed E-state index contributed by atoms with van der Waals surface area (Å²) in [6, 6.07) is 9.88. The average Bonchev–Trinajstić information content (AvgIpc) is 3.22. The lowest BCUT2D eigenvalue weighted by molar-refractivity contribution is -0.0497. The van der Waals surface area contributed by atoms with Gasteiger partial charge in [-0.3, -0.25) is 4.79 Å². The van der Waals surface area contributed by atoms with Crippen molar-refractivity contribution in [3.8, 4) is 0 Å². The number of rotatable bonds is 7. The molecular weight excluding hydrogens is 456 g/mol. The quantitative estimate of drug-likeness (QED) is 0.342. The number of hydrogen-bond donors (Lipinski definition) is 0. The number of benzene rings is 1. The second-order valence-corrected chi connectivity index (χ2v) is 15.2. The second-order valence-electron chi connectivity index (χ2n) is 13.9. The zero-order valence-electron chi connectivity index (χ0n) is 23.6. The van der Waals surface area contributed by atoms with E-state index in [1.807, 2.05) is 30.3 Å². The number of fused-ring (bicyclic) bond motifs is 5. The van der Waals surface area contributed by atoms with Gasteiger partial charge in [0.05, 0.1) is 0 Å². The van der Waals surface area contributed by atoms with Gasteiger partial charge in [-0.05, 0) is 97.7 Å². The van der Waals surface area contributed by atoms with Crippen LogP contribution in [0.2, 0.25) is 0 Å². The van der Waals surface area contributed by atoms with Gasteiger partial charge in [0.2, 0.25) is 5.12 Å². The first-order valence-corrected chi connectivity index (χ1v) is 16.1. The summed E-state index contributed by atoms with van der Waals surface area (Å²) in [5, 5.41) is 0.705. The maximum Gasteiger partial charge on any atom is 0.219 e. The summed E-state index contributed by atoms with van der Waals surface area (Å²) in [7, 11) is 0. The van der Waals surface area contributed by atoms with Crippen molar-refractivity contribution in [2.45, 2.75) is 110 Å². The monoisotopic (exact) mass is 506 g/mol. The Morgan fingerprint density at radius 1 is 0.972 bits per heavy atom. The minimum Gasteiger partial charge on any atom is -0.282 e. The van der Waals surface area contributed by atoms with E-state index in [0.29, 0.717) is 16.1 Å². The van der Waals surface area contributed by atoms with Gasteiger partial charge in [0.25, 0.3) is 0 Å². The SMILES string of the molecule is CC(C)CCC[C@@H](C)[C@@H]1CC[C@@H]2[C@H]3CC=C4C[C@@H](SC(=O)c5ccccc5)CC[C@]4(C)[C@@H]3CC[C@]21C. The third-order valence-corrected chi connectivity index (χ3v) is 12.7. The molecule has 8 atom stereocenters. The molecule has 0 bridgehead atoms. The number of thioether (sulfide) groups is 1. The predicted octanol–water partition coefficient (Wildman–Crippen LogP) is 9.97. The molecule has 0 aromatic heterocycles. The minimum absolute atomic E-state index is 0.256. The highest BCUT2D eigenvalue weighted by Gasteiger charge is 2.59. The maximum absolute atomic E-state index is 12.9. The van der Waals surface area contributed by atoms with Crippen molar-refractivity contribution in [2.75, 3.05) is 0 Å². The van der Waals surface area contributed by atoms with E-state index in [9.17, 15) is 4.79 Å². The van der Waals surface area contributed by atoms with Crippen LogP contribution in [0.25, 0.3) is 0 Å². The fourth-order valence-electron chi connectivity index (χ4n) is 9.55. The van der Waals surface area contributed by atoms with E-state index in [0.717, 1.165) is 47.5 Å². The molecule has 0 N–H and O–H groups in total. The molecule has 1 aromatic rings. The van der Waals surface area contributed by atoms with Crippen LogP contribution < -0.4 is 0 Å². The first-order valence-electron chi connectivity index (χ1n) is 15.2. The average molecular weight is 507 g/mol. The standard InChI is InChI=1S/C34H50OS/c1-23(2)10-9-11-24(3)29-16-17-30-28-15-14-26-22-27(36-32(35)25-12-7-6-8-13-25)18-20-33(26,4)31(28)19-21-34(29,30)5/h6-8,12-14,23-24,27-31H,9-11,15-22H2,1-5H3/t24-,27+,28-,29+,30-,31-,33+,34+/m1/s1. The van der Waals surface area contributed by atoms with Crippen LogP contribution in [0.3, 0.4) is 0 Å². The van der Waals surface area contributed by atoms with Gasteiger partial charge in [-0.25, -0.2) is 0 Å². The molecular formula is C34H50OS. The number of allylic oxidation sites excluding steroid dienone is 2. The molecule has 0 amide bonds. The smallest absolute Gasteiger partial charge is 0.219 e. The molecule has 36 heavy (non-hydrogen) atoms. The van der Waals surface area contributed by atoms with Crippen molar-refractivity contribution < 1.29 is 4.79 Å². The molecule has 4 aliphatic rings. The number of carbonyl (C=O) groups excluding carboxylic acids is 1. The van der Waals surface area contributed by atoms with Crippen LogP contribution >= 0.6 is 11.8 Å². The summed E-state index contributed by atoms with van der Waals surface area (Å²) < 4.78 is 0. The molecule has 1 aromatic carbocycles. The summed E-state index contributed by atoms with van der Waals surface area (Å²) >= 11 is 1.60. The molecule has 198 valence electrons. The third-order valence-electron chi connectivity index (χ3n) is 11.5. The number of carbonyl (C=O) groups is 1. The topological polar surface area (TPSA) is 17.1 Å². The molecule has 3 fully saturated rings. The van der Waals surface area contributed by atoms with E-state index >= 15 is 0 Å². The lowest BCUT2D eigenvalue weighted by Crippen LogP contribution is -2.50. The van der Waals surface area contributed by atoms with Crippen LogP contribution in [-0.2, 0) is 0 Å².